The van der Waals surface area contributed by atoms with Crippen LogP contribution in [0, 0.1) is 0 Å². The van der Waals surface area contributed by atoms with Crippen molar-refractivity contribution >= 4 is 46.3 Å². The highest BCUT2D eigenvalue weighted by Crippen LogP contribution is 2.37. The van der Waals surface area contributed by atoms with Gasteiger partial charge in [0.1, 0.15) is 11.1 Å². The van der Waals surface area contributed by atoms with Crippen LogP contribution in [0.15, 0.2) is 60.0 Å². The third kappa shape index (κ3) is 3.31. The zero-order valence-corrected chi connectivity index (χ0v) is 15.0. The van der Waals surface area contributed by atoms with Gasteiger partial charge in [0.05, 0.1) is 7.11 Å². The highest BCUT2D eigenvalue weighted by molar-refractivity contribution is 6.35. The predicted octanol–water partition coefficient (Wildman–Crippen LogP) is 4.40. The zero-order valence-electron chi connectivity index (χ0n) is 13.5. The van der Waals surface area contributed by atoms with Crippen molar-refractivity contribution in [1.82, 2.24) is 0 Å². The number of ether oxygens (including phenoxy) is 2. The van der Waals surface area contributed by atoms with Crippen molar-refractivity contribution in [1.29, 1.82) is 0 Å². The van der Waals surface area contributed by atoms with Gasteiger partial charge in [-0.3, -0.25) is 0 Å². The van der Waals surface area contributed by atoms with Crippen molar-refractivity contribution in [3.63, 3.8) is 0 Å². The largest absolute Gasteiger partial charge is 0.504 e. The van der Waals surface area contributed by atoms with E-state index in [1.54, 1.807) is 30.3 Å². The topological polar surface area (TPSA) is 72.8 Å². The fourth-order valence-corrected chi connectivity index (χ4v) is 3.10. The highest BCUT2D eigenvalue weighted by Gasteiger charge is 2.36. The molecule has 0 saturated heterocycles. The lowest BCUT2D eigenvalue weighted by molar-refractivity contribution is -0.134. The molecule has 26 heavy (non-hydrogen) atoms. The number of cyclic esters (lactones) is 1. The molecule has 0 spiro atoms. The van der Waals surface area contributed by atoms with E-state index < -0.39 is 17.7 Å². The lowest BCUT2D eigenvalue weighted by Crippen LogP contribution is -2.09. The van der Waals surface area contributed by atoms with Crippen molar-refractivity contribution < 1.29 is 24.2 Å². The van der Waals surface area contributed by atoms with Crippen molar-refractivity contribution in [3.05, 3.63) is 81.2 Å². The average molecular weight is 391 g/mol. The minimum absolute atomic E-state index is 0.0675. The summed E-state index contributed by atoms with van der Waals surface area (Å²) < 4.78 is 9.97. The van der Waals surface area contributed by atoms with Gasteiger partial charge in [-0.15, -0.1) is 0 Å². The molecule has 1 aliphatic heterocycles. The first-order valence-corrected chi connectivity index (χ1v) is 8.18. The van der Waals surface area contributed by atoms with Crippen LogP contribution in [0.4, 0.5) is 0 Å². The minimum Gasteiger partial charge on any atom is -0.504 e. The summed E-state index contributed by atoms with van der Waals surface area (Å²) in [7, 11) is 1.20. The molecule has 2 aromatic rings. The Morgan fingerprint density at radius 2 is 1.69 bits per heavy atom. The van der Waals surface area contributed by atoms with Gasteiger partial charge >= 0.3 is 11.9 Å². The molecule has 7 heteroatoms. The quantitative estimate of drug-likeness (QED) is 0.620. The number of carbonyl (C=O) groups excluding carboxylic acids is 2. The molecule has 0 aromatic heterocycles. The number of aliphatic hydroxyl groups is 1. The Labute approximate surface area is 159 Å². The van der Waals surface area contributed by atoms with Gasteiger partial charge < -0.3 is 14.6 Å². The van der Waals surface area contributed by atoms with Gasteiger partial charge in [0.25, 0.3) is 0 Å². The number of hydrogen-bond acceptors (Lipinski definition) is 5. The number of hydrogen-bond donors (Lipinski definition) is 1. The Kier molecular flexibility index (Phi) is 5.02. The maximum Gasteiger partial charge on any atom is 0.348 e. The molecule has 0 atom stereocenters. The van der Waals surface area contributed by atoms with E-state index in [0.29, 0.717) is 5.56 Å². The summed E-state index contributed by atoms with van der Waals surface area (Å²) >= 11 is 11.9. The molecule has 0 bridgehead atoms. The standard InChI is InChI=1S/C19H12Cl2O5/c1-25-18(23)15(10-5-3-2-4-6-10)17-16(22)14(19(24)26-17)11-7-12(20)9-13(21)8-11/h2-9,22H,1H3/b17-15-. The lowest BCUT2D eigenvalue weighted by atomic mass is 10.0. The van der Waals surface area contributed by atoms with Gasteiger partial charge in [-0.2, -0.15) is 0 Å². The summed E-state index contributed by atoms with van der Waals surface area (Å²) in [6.45, 7) is 0. The van der Waals surface area contributed by atoms with Crippen molar-refractivity contribution in [2.24, 2.45) is 0 Å². The third-order valence-electron chi connectivity index (χ3n) is 3.68. The number of methoxy groups -OCH3 is 1. The molecule has 1 heterocycles. The summed E-state index contributed by atoms with van der Waals surface area (Å²) in [5.41, 5.74) is 0.500. The summed E-state index contributed by atoms with van der Waals surface area (Å²) in [5.74, 6) is -2.35. The Balaban J connectivity index is 2.24. The van der Waals surface area contributed by atoms with Crippen molar-refractivity contribution in [3.8, 4) is 0 Å². The monoisotopic (exact) mass is 390 g/mol. The molecule has 0 fully saturated rings. The molecule has 0 radical (unpaired) electrons. The second-order valence-electron chi connectivity index (χ2n) is 5.33. The van der Waals surface area contributed by atoms with Gasteiger partial charge in [-0.05, 0) is 29.3 Å². The molecular formula is C19H12Cl2O5. The molecule has 0 saturated carbocycles. The second kappa shape index (κ2) is 7.23. The van der Waals surface area contributed by atoms with E-state index >= 15 is 0 Å². The first-order chi connectivity index (χ1) is 12.4. The van der Waals surface area contributed by atoms with Crippen LogP contribution >= 0.6 is 23.2 Å². The van der Waals surface area contributed by atoms with Crippen molar-refractivity contribution in [2.75, 3.05) is 7.11 Å². The molecular weight excluding hydrogens is 379 g/mol. The fourth-order valence-electron chi connectivity index (χ4n) is 2.57. The smallest absolute Gasteiger partial charge is 0.348 e. The number of carbonyl (C=O) groups is 2. The average Bonchev–Trinajstić information content (AvgIpc) is 2.89. The molecule has 132 valence electrons. The van der Waals surface area contributed by atoms with Crippen LogP contribution < -0.4 is 0 Å². The first-order valence-electron chi connectivity index (χ1n) is 7.42. The van der Waals surface area contributed by atoms with E-state index in [9.17, 15) is 14.7 Å². The summed E-state index contributed by atoms with van der Waals surface area (Å²) in [5, 5.41) is 11.2. The van der Waals surface area contributed by atoms with E-state index in [1.807, 2.05) is 0 Å². The zero-order chi connectivity index (χ0) is 18.8. The third-order valence-corrected chi connectivity index (χ3v) is 4.12. The van der Waals surface area contributed by atoms with E-state index in [0.717, 1.165) is 0 Å². The Morgan fingerprint density at radius 1 is 1.08 bits per heavy atom. The van der Waals surface area contributed by atoms with Gasteiger partial charge in [0, 0.05) is 10.0 Å². The summed E-state index contributed by atoms with van der Waals surface area (Å²) in [6, 6.07) is 12.8. The first kappa shape index (κ1) is 18.0. The van der Waals surface area contributed by atoms with Crippen LogP contribution in [0.25, 0.3) is 11.1 Å². The van der Waals surface area contributed by atoms with Crippen LogP contribution in [0.2, 0.25) is 10.0 Å². The molecule has 1 N–H and O–H groups in total. The van der Waals surface area contributed by atoms with E-state index in [2.05, 4.69) is 0 Å². The number of benzene rings is 2. The number of esters is 2. The molecule has 3 rings (SSSR count). The predicted molar refractivity (Wildman–Crippen MR) is 97.5 cm³/mol. The molecule has 5 nitrogen and oxygen atoms in total. The maximum absolute atomic E-state index is 12.4. The minimum atomic E-state index is -0.826. The number of halogens is 2. The summed E-state index contributed by atoms with van der Waals surface area (Å²) in [6.07, 6.45) is 0. The Bertz CT molecular complexity index is 941. The normalized spacial score (nSPS) is 15.7. The lowest BCUT2D eigenvalue weighted by Gasteiger charge is -2.09. The van der Waals surface area contributed by atoms with Crippen molar-refractivity contribution in [2.45, 2.75) is 0 Å². The molecule has 1 aliphatic rings. The van der Waals surface area contributed by atoms with E-state index in [1.165, 1.54) is 25.3 Å². The van der Waals surface area contributed by atoms with Crippen LogP contribution in [-0.2, 0) is 19.1 Å². The second-order valence-corrected chi connectivity index (χ2v) is 6.21. The van der Waals surface area contributed by atoms with Crippen LogP contribution in [0.5, 0.6) is 0 Å². The molecule has 2 aromatic carbocycles. The van der Waals surface area contributed by atoms with Crippen LogP contribution in [0.1, 0.15) is 11.1 Å². The van der Waals surface area contributed by atoms with Gasteiger partial charge in [0.15, 0.2) is 11.5 Å². The van der Waals surface area contributed by atoms with Gasteiger partial charge in [-0.25, -0.2) is 9.59 Å². The number of rotatable bonds is 3. The maximum atomic E-state index is 12.4. The summed E-state index contributed by atoms with van der Waals surface area (Å²) in [4.78, 5) is 24.6. The SMILES string of the molecule is COC(=O)/C(=C1\OC(=O)C(c2cc(Cl)cc(Cl)c2)=C1O)c1ccccc1. The van der Waals surface area contributed by atoms with Gasteiger partial charge in [-0.1, -0.05) is 53.5 Å². The molecule has 0 aliphatic carbocycles. The fraction of sp³-hybridized carbons (Fsp3) is 0.0526. The Morgan fingerprint density at radius 3 is 2.27 bits per heavy atom. The Hall–Kier alpha value is -2.76. The van der Waals surface area contributed by atoms with Crippen LogP contribution in [-0.4, -0.2) is 24.2 Å². The molecule has 0 amide bonds. The van der Waals surface area contributed by atoms with Crippen LogP contribution in [0.3, 0.4) is 0 Å². The van der Waals surface area contributed by atoms with E-state index in [4.69, 9.17) is 32.7 Å². The van der Waals surface area contributed by atoms with Gasteiger partial charge in [0.2, 0.25) is 0 Å². The highest BCUT2D eigenvalue weighted by atomic mass is 35.5. The number of aliphatic hydroxyl groups excluding tert-OH is 1. The van der Waals surface area contributed by atoms with E-state index in [-0.39, 0.29) is 32.5 Å². The molecule has 0 unspecified atom stereocenters.